The van der Waals surface area contributed by atoms with Gasteiger partial charge in [0.25, 0.3) is 5.91 Å². The van der Waals surface area contributed by atoms with Gasteiger partial charge < -0.3 is 10.4 Å². The fraction of sp³-hybridized carbons (Fsp3) is 0.562. The van der Waals surface area contributed by atoms with Gasteiger partial charge in [0.05, 0.1) is 5.56 Å². The van der Waals surface area contributed by atoms with E-state index in [4.69, 9.17) is 0 Å². The first-order valence-electron chi connectivity index (χ1n) is 7.48. The van der Waals surface area contributed by atoms with Crippen LogP contribution in [0.5, 0.6) is 0 Å². The quantitative estimate of drug-likeness (QED) is 0.880. The highest BCUT2D eigenvalue weighted by Gasteiger charge is 2.37. The van der Waals surface area contributed by atoms with Gasteiger partial charge >= 0.3 is 6.18 Å². The summed E-state index contributed by atoms with van der Waals surface area (Å²) in [6.45, 7) is 1.77. The van der Waals surface area contributed by atoms with E-state index >= 15 is 0 Å². The Morgan fingerprint density at radius 1 is 1.30 bits per heavy atom. The second kappa shape index (κ2) is 7.13. The molecule has 0 aromatic heterocycles. The van der Waals surface area contributed by atoms with Crippen LogP contribution in [-0.4, -0.2) is 34.2 Å². The van der Waals surface area contributed by atoms with Gasteiger partial charge in [-0.15, -0.1) is 0 Å². The van der Waals surface area contributed by atoms with Gasteiger partial charge in [-0.05, 0) is 55.4 Å². The Labute approximate surface area is 137 Å². The summed E-state index contributed by atoms with van der Waals surface area (Å²) < 4.78 is 37.5. The Balaban J connectivity index is 1.91. The molecule has 1 aliphatic heterocycles. The van der Waals surface area contributed by atoms with E-state index in [2.05, 4.69) is 5.32 Å². The van der Waals surface area contributed by atoms with Crippen molar-refractivity contribution in [1.29, 1.82) is 0 Å². The van der Waals surface area contributed by atoms with Crippen molar-refractivity contribution < 1.29 is 23.1 Å². The zero-order valence-corrected chi connectivity index (χ0v) is 13.6. The molecule has 1 heterocycles. The summed E-state index contributed by atoms with van der Waals surface area (Å²) in [4.78, 5) is 12.2. The van der Waals surface area contributed by atoms with Crippen molar-refractivity contribution >= 4 is 17.7 Å². The molecule has 128 valence electrons. The molecule has 23 heavy (non-hydrogen) atoms. The lowest BCUT2D eigenvalue weighted by atomic mass is 9.95. The van der Waals surface area contributed by atoms with E-state index in [1.54, 1.807) is 18.7 Å². The van der Waals surface area contributed by atoms with Crippen LogP contribution in [0.3, 0.4) is 0 Å². The molecule has 1 fully saturated rings. The highest BCUT2D eigenvalue weighted by Crippen LogP contribution is 2.29. The molecule has 0 radical (unpaired) electrons. The van der Waals surface area contributed by atoms with Gasteiger partial charge in [0.15, 0.2) is 0 Å². The molecule has 0 spiro atoms. The van der Waals surface area contributed by atoms with E-state index in [1.807, 2.05) is 0 Å². The number of nitrogens with one attached hydrogen (secondary N) is 1. The minimum atomic E-state index is -4.35. The monoisotopic (exact) mass is 347 g/mol. The maximum atomic E-state index is 12.5. The third kappa shape index (κ3) is 4.88. The largest absolute Gasteiger partial charge is 0.416 e. The molecule has 1 atom stereocenters. The molecule has 3 nitrogen and oxygen atoms in total. The first-order valence-corrected chi connectivity index (χ1v) is 8.63. The molecule has 1 aromatic rings. The Morgan fingerprint density at radius 3 is 2.39 bits per heavy atom. The standard InChI is InChI=1S/C16H20F3NO2S/c1-11(20-14(21)15(22)6-8-23-9-7-15)10-12-2-4-13(5-3-12)16(17,18)19/h2-5,11,22H,6-10H2,1H3,(H,20,21). The van der Waals surface area contributed by atoms with Crippen molar-refractivity contribution in [1.82, 2.24) is 5.32 Å². The van der Waals surface area contributed by atoms with E-state index < -0.39 is 23.2 Å². The number of hydrogen-bond acceptors (Lipinski definition) is 3. The average Bonchev–Trinajstić information content (AvgIpc) is 2.47. The van der Waals surface area contributed by atoms with Gasteiger partial charge in [-0.1, -0.05) is 12.1 Å². The lowest BCUT2D eigenvalue weighted by Gasteiger charge is -2.31. The summed E-state index contributed by atoms with van der Waals surface area (Å²) in [5, 5.41) is 13.1. The summed E-state index contributed by atoms with van der Waals surface area (Å²) in [6.07, 6.45) is -3.08. The molecule has 0 saturated carbocycles. The van der Waals surface area contributed by atoms with Crippen LogP contribution in [0.25, 0.3) is 0 Å². The molecule has 0 aliphatic carbocycles. The Kier molecular flexibility index (Phi) is 5.62. The smallest absolute Gasteiger partial charge is 0.380 e. The van der Waals surface area contributed by atoms with Crippen LogP contribution in [0.15, 0.2) is 24.3 Å². The molecule has 2 N–H and O–H groups in total. The molecule has 2 rings (SSSR count). The number of carbonyl (C=O) groups is 1. The van der Waals surface area contributed by atoms with Crippen LogP contribution in [0.4, 0.5) is 13.2 Å². The summed E-state index contributed by atoms with van der Waals surface area (Å²) in [6, 6.07) is 4.64. The Bertz CT molecular complexity index is 539. The van der Waals surface area contributed by atoms with Crippen molar-refractivity contribution in [2.75, 3.05) is 11.5 Å². The summed E-state index contributed by atoms with van der Waals surface area (Å²) in [5.74, 6) is 1.10. The topological polar surface area (TPSA) is 49.3 Å². The van der Waals surface area contributed by atoms with Crippen LogP contribution < -0.4 is 5.32 Å². The summed E-state index contributed by atoms with van der Waals surface area (Å²) >= 11 is 1.71. The van der Waals surface area contributed by atoms with Crippen LogP contribution in [-0.2, 0) is 17.4 Å². The van der Waals surface area contributed by atoms with E-state index in [1.165, 1.54) is 12.1 Å². The molecule has 1 aromatic carbocycles. The maximum absolute atomic E-state index is 12.5. The molecule has 0 bridgehead atoms. The van der Waals surface area contributed by atoms with E-state index in [-0.39, 0.29) is 6.04 Å². The highest BCUT2D eigenvalue weighted by atomic mass is 32.2. The van der Waals surface area contributed by atoms with Gasteiger partial charge in [0.1, 0.15) is 5.60 Å². The number of aliphatic hydroxyl groups is 1. The normalized spacial score (nSPS) is 19.2. The first kappa shape index (κ1) is 18.1. The number of benzene rings is 1. The average molecular weight is 347 g/mol. The van der Waals surface area contributed by atoms with Crippen LogP contribution in [0.2, 0.25) is 0 Å². The second-order valence-electron chi connectivity index (χ2n) is 5.92. The fourth-order valence-electron chi connectivity index (χ4n) is 2.53. The van der Waals surface area contributed by atoms with Gasteiger partial charge in [-0.25, -0.2) is 0 Å². The lowest BCUT2D eigenvalue weighted by Crippen LogP contribution is -2.51. The number of thioether (sulfide) groups is 1. The Hall–Kier alpha value is -1.21. The number of halogens is 3. The molecular formula is C16H20F3NO2S. The van der Waals surface area contributed by atoms with Crippen molar-refractivity contribution in [3.05, 3.63) is 35.4 Å². The van der Waals surface area contributed by atoms with Crippen LogP contribution >= 0.6 is 11.8 Å². The van der Waals surface area contributed by atoms with Gasteiger partial charge in [-0.2, -0.15) is 24.9 Å². The van der Waals surface area contributed by atoms with E-state index in [0.29, 0.717) is 24.8 Å². The summed E-state index contributed by atoms with van der Waals surface area (Å²) in [7, 11) is 0. The molecule has 1 aliphatic rings. The number of carbonyl (C=O) groups excluding carboxylic acids is 1. The minimum Gasteiger partial charge on any atom is -0.380 e. The van der Waals surface area contributed by atoms with Crippen LogP contribution in [0.1, 0.15) is 30.9 Å². The van der Waals surface area contributed by atoms with Crippen molar-refractivity contribution in [2.45, 2.75) is 44.0 Å². The highest BCUT2D eigenvalue weighted by molar-refractivity contribution is 7.99. The number of alkyl halides is 3. The maximum Gasteiger partial charge on any atom is 0.416 e. The number of hydrogen-bond donors (Lipinski definition) is 2. The van der Waals surface area contributed by atoms with Crippen molar-refractivity contribution in [2.24, 2.45) is 0 Å². The minimum absolute atomic E-state index is 0.266. The Morgan fingerprint density at radius 2 is 1.87 bits per heavy atom. The lowest BCUT2D eigenvalue weighted by molar-refractivity contribution is -0.141. The van der Waals surface area contributed by atoms with E-state index in [9.17, 15) is 23.1 Å². The van der Waals surface area contributed by atoms with Crippen molar-refractivity contribution in [3.63, 3.8) is 0 Å². The molecular weight excluding hydrogens is 327 g/mol. The van der Waals surface area contributed by atoms with Gasteiger partial charge in [0.2, 0.25) is 0 Å². The van der Waals surface area contributed by atoms with E-state index in [0.717, 1.165) is 23.6 Å². The molecule has 1 unspecified atom stereocenters. The van der Waals surface area contributed by atoms with Gasteiger partial charge in [-0.3, -0.25) is 4.79 Å². The molecule has 1 saturated heterocycles. The predicted octanol–water partition coefficient (Wildman–Crippen LogP) is 3.01. The number of amides is 1. The zero-order valence-electron chi connectivity index (χ0n) is 12.8. The van der Waals surface area contributed by atoms with Crippen LogP contribution in [0, 0.1) is 0 Å². The zero-order chi connectivity index (χ0) is 17.1. The SMILES string of the molecule is CC(Cc1ccc(C(F)(F)F)cc1)NC(=O)C1(O)CCSCC1. The number of rotatable bonds is 4. The third-order valence-electron chi connectivity index (χ3n) is 3.94. The van der Waals surface area contributed by atoms with Crippen molar-refractivity contribution in [3.8, 4) is 0 Å². The summed E-state index contributed by atoms with van der Waals surface area (Å²) in [5.41, 5.74) is -1.30. The first-order chi connectivity index (χ1) is 10.7. The van der Waals surface area contributed by atoms with Gasteiger partial charge in [0, 0.05) is 6.04 Å². The fourth-order valence-corrected chi connectivity index (χ4v) is 3.70. The third-order valence-corrected chi connectivity index (χ3v) is 4.93. The molecule has 1 amide bonds. The molecule has 7 heteroatoms. The predicted molar refractivity (Wildman–Crippen MR) is 84.3 cm³/mol. The second-order valence-corrected chi connectivity index (χ2v) is 7.14.